The smallest absolute Gasteiger partial charge is 0.339 e. The molecule has 2 fully saturated rings. The minimum Gasteiger partial charge on any atom is -0.339 e. The highest BCUT2D eigenvalue weighted by Gasteiger charge is 2.35. The fourth-order valence-corrected chi connectivity index (χ4v) is 4.66. The molecule has 0 unspecified atom stereocenters. The third kappa shape index (κ3) is 6.30. The lowest BCUT2D eigenvalue weighted by molar-refractivity contribution is -0.138. The average Bonchev–Trinajstić information content (AvgIpc) is 3.56. The predicted molar refractivity (Wildman–Crippen MR) is 124 cm³/mol. The number of anilines is 2. The summed E-state index contributed by atoms with van der Waals surface area (Å²) in [6.45, 7) is 3.75. The number of amides is 3. The number of alkyl halides is 3. The van der Waals surface area contributed by atoms with Gasteiger partial charge in [-0.1, -0.05) is 6.07 Å². The van der Waals surface area contributed by atoms with Crippen LogP contribution in [0.1, 0.15) is 42.2 Å². The van der Waals surface area contributed by atoms with Crippen LogP contribution in [0.15, 0.2) is 29.6 Å². The summed E-state index contributed by atoms with van der Waals surface area (Å²) in [5, 5.41) is 4.70. The van der Waals surface area contributed by atoms with Crippen LogP contribution in [-0.4, -0.2) is 76.2 Å². The van der Waals surface area contributed by atoms with Gasteiger partial charge < -0.3 is 20.0 Å². The van der Waals surface area contributed by atoms with Gasteiger partial charge >= 0.3 is 6.18 Å². The summed E-state index contributed by atoms with van der Waals surface area (Å²) in [4.78, 5) is 46.6. The molecule has 4 rings (SSSR count). The number of hydrogen-bond donors (Lipinski definition) is 1. The molecule has 1 aliphatic heterocycles. The summed E-state index contributed by atoms with van der Waals surface area (Å²) in [5.41, 5.74) is -0.357. The Kier molecular flexibility index (Phi) is 7.29. The summed E-state index contributed by atoms with van der Waals surface area (Å²) < 4.78 is 38.9. The van der Waals surface area contributed by atoms with Gasteiger partial charge in [0.1, 0.15) is 5.69 Å². The highest BCUT2D eigenvalue weighted by atomic mass is 32.1. The Balaban J connectivity index is 1.35. The monoisotopic (exact) mass is 509 g/mol. The Labute approximate surface area is 204 Å². The Morgan fingerprint density at radius 3 is 2.46 bits per heavy atom. The van der Waals surface area contributed by atoms with Gasteiger partial charge in [-0.2, -0.15) is 13.2 Å². The fraction of sp³-hybridized carbons (Fsp3) is 0.478. The molecule has 35 heavy (non-hydrogen) atoms. The van der Waals surface area contributed by atoms with E-state index in [-0.39, 0.29) is 48.1 Å². The Morgan fingerprint density at radius 2 is 1.83 bits per heavy atom. The van der Waals surface area contributed by atoms with Gasteiger partial charge in [0.2, 0.25) is 11.8 Å². The van der Waals surface area contributed by atoms with Crippen molar-refractivity contribution in [2.24, 2.45) is 0 Å². The third-order valence-corrected chi connectivity index (χ3v) is 6.81. The number of hydrogen-bond acceptors (Lipinski definition) is 6. The van der Waals surface area contributed by atoms with E-state index in [0.717, 1.165) is 36.3 Å². The van der Waals surface area contributed by atoms with Crippen molar-refractivity contribution in [3.63, 3.8) is 0 Å². The second-order valence-corrected chi connectivity index (χ2v) is 9.47. The summed E-state index contributed by atoms with van der Waals surface area (Å²) in [6, 6.07) is 4.83. The summed E-state index contributed by atoms with van der Waals surface area (Å²) in [7, 11) is 0. The molecular formula is C23H26F3N5O3S. The number of halogens is 3. The molecule has 1 saturated carbocycles. The van der Waals surface area contributed by atoms with Crippen molar-refractivity contribution in [3.8, 4) is 0 Å². The maximum Gasteiger partial charge on any atom is 0.416 e. The lowest BCUT2D eigenvalue weighted by Crippen LogP contribution is -2.50. The molecule has 1 aromatic carbocycles. The number of benzene rings is 1. The normalized spacial score (nSPS) is 16.2. The van der Waals surface area contributed by atoms with Crippen molar-refractivity contribution in [1.29, 1.82) is 0 Å². The zero-order valence-electron chi connectivity index (χ0n) is 19.2. The van der Waals surface area contributed by atoms with Gasteiger partial charge in [-0.3, -0.25) is 14.4 Å². The van der Waals surface area contributed by atoms with Crippen LogP contribution in [0.2, 0.25) is 0 Å². The van der Waals surface area contributed by atoms with Crippen molar-refractivity contribution in [1.82, 2.24) is 19.7 Å². The molecule has 1 saturated heterocycles. The molecule has 2 aliphatic rings. The van der Waals surface area contributed by atoms with Crippen LogP contribution in [0.4, 0.5) is 24.0 Å². The van der Waals surface area contributed by atoms with E-state index in [0.29, 0.717) is 31.3 Å². The molecule has 0 bridgehead atoms. The molecule has 3 amide bonds. The van der Waals surface area contributed by atoms with Crippen molar-refractivity contribution >= 4 is 39.9 Å². The standard InChI is InChI=1S/C23H26F3N5O3S/c1-15(32)29-9-11-30(12-10-29)20(33)7-8-31(18-5-6-18)21(34)19-14-35-22(28-19)27-17-4-2-3-16(13-17)23(24,25)26/h2-4,13-14,18H,5-12H2,1H3,(H,27,28). The van der Waals surface area contributed by atoms with Crippen LogP contribution in [0.5, 0.6) is 0 Å². The molecule has 1 aromatic heterocycles. The van der Waals surface area contributed by atoms with E-state index in [1.165, 1.54) is 19.1 Å². The van der Waals surface area contributed by atoms with Crippen LogP contribution >= 0.6 is 11.3 Å². The van der Waals surface area contributed by atoms with Gasteiger partial charge in [0.05, 0.1) is 5.56 Å². The number of aromatic nitrogens is 1. The third-order valence-electron chi connectivity index (χ3n) is 6.06. The molecule has 8 nitrogen and oxygen atoms in total. The molecule has 188 valence electrons. The first-order valence-electron chi connectivity index (χ1n) is 11.4. The molecule has 0 atom stereocenters. The largest absolute Gasteiger partial charge is 0.416 e. The topological polar surface area (TPSA) is 85.9 Å². The molecule has 0 spiro atoms. The first kappa shape index (κ1) is 25.0. The number of carbonyl (C=O) groups excluding carboxylic acids is 3. The van der Waals surface area contributed by atoms with Gasteiger partial charge in [-0.15, -0.1) is 11.3 Å². The fourth-order valence-electron chi connectivity index (χ4n) is 3.95. The average molecular weight is 510 g/mol. The zero-order chi connectivity index (χ0) is 25.2. The number of piperazine rings is 1. The Bertz CT molecular complexity index is 1090. The molecule has 1 aliphatic carbocycles. The second kappa shape index (κ2) is 10.2. The van der Waals surface area contributed by atoms with Gasteiger partial charge in [0.15, 0.2) is 5.13 Å². The molecule has 2 heterocycles. The number of nitrogens with zero attached hydrogens (tertiary/aromatic N) is 4. The molecule has 1 N–H and O–H groups in total. The van der Waals surface area contributed by atoms with E-state index in [1.807, 2.05) is 0 Å². The lowest BCUT2D eigenvalue weighted by atomic mass is 10.2. The summed E-state index contributed by atoms with van der Waals surface area (Å²) in [5.74, 6) is -0.361. The van der Waals surface area contributed by atoms with E-state index < -0.39 is 11.7 Å². The maximum absolute atomic E-state index is 13.1. The van der Waals surface area contributed by atoms with E-state index in [2.05, 4.69) is 10.3 Å². The number of nitrogens with one attached hydrogen (secondary N) is 1. The highest BCUT2D eigenvalue weighted by molar-refractivity contribution is 7.14. The first-order chi connectivity index (χ1) is 16.6. The van der Waals surface area contributed by atoms with Crippen molar-refractivity contribution in [3.05, 3.63) is 40.9 Å². The Hall–Kier alpha value is -3.15. The molecule has 2 aromatic rings. The number of rotatable bonds is 7. The van der Waals surface area contributed by atoms with Crippen molar-refractivity contribution in [2.75, 3.05) is 38.0 Å². The summed E-state index contributed by atoms with van der Waals surface area (Å²) in [6.07, 6.45) is -2.56. The quantitative estimate of drug-likeness (QED) is 0.617. The summed E-state index contributed by atoms with van der Waals surface area (Å²) >= 11 is 1.13. The van der Waals surface area contributed by atoms with Crippen LogP contribution in [0, 0.1) is 0 Å². The maximum atomic E-state index is 13.1. The van der Waals surface area contributed by atoms with Crippen molar-refractivity contribution in [2.45, 2.75) is 38.4 Å². The Morgan fingerprint density at radius 1 is 1.14 bits per heavy atom. The second-order valence-electron chi connectivity index (χ2n) is 8.61. The highest BCUT2D eigenvalue weighted by Crippen LogP contribution is 2.32. The number of thiazole rings is 1. The van der Waals surface area contributed by atoms with Crippen LogP contribution in [-0.2, 0) is 15.8 Å². The van der Waals surface area contributed by atoms with Crippen molar-refractivity contribution < 1.29 is 27.6 Å². The van der Waals surface area contributed by atoms with E-state index >= 15 is 0 Å². The van der Waals surface area contributed by atoms with Gasteiger partial charge in [-0.25, -0.2) is 4.98 Å². The van der Waals surface area contributed by atoms with Crippen LogP contribution in [0.25, 0.3) is 0 Å². The van der Waals surface area contributed by atoms with Gasteiger partial charge in [-0.05, 0) is 31.0 Å². The molecular weight excluding hydrogens is 483 g/mol. The minimum absolute atomic E-state index is 0.00668. The van der Waals surface area contributed by atoms with E-state index in [1.54, 1.807) is 20.1 Å². The van der Waals surface area contributed by atoms with Crippen LogP contribution in [0.3, 0.4) is 0 Å². The number of carbonyl (C=O) groups is 3. The SMILES string of the molecule is CC(=O)N1CCN(C(=O)CCN(C(=O)c2csc(Nc3cccc(C(F)(F)F)c3)n2)C2CC2)CC1. The molecule has 0 radical (unpaired) electrons. The van der Waals surface area contributed by atoms with Gasteiger partial charge in [0, 0.05) is 63.2 Å². The zero-order valence-corrected chi connectivity index (χ0v) is 20.0. The van der Waals surface area contributed by atoms with E-state index in [9.17, 15) is 27.6 Å². The molecule has 12 heteroatoms. The minimum atomic E-state index is -4.45. The first-order valence-corrected chi connectivity index (χ1v) is 12.2. The lowest BCUT2D eigenvalue weighted by Gasteiger charge is -2.34. The van der Waals surface area contributed by atoms with E-state index in [4.69, 9.17) is 0 Å². The van der Waals surface area contributed by atoms with Crippen LogP contribution < -0.4 is 5.32 Å². The van der Waals surface area contributed by atoms with Gasteiger partial charge in [0.25, 0.3) is 5.91 Å². The predicted octanol–water partition coefficient (Wildman–Crippen LogP) is 3.59.